The number of fused-ring (bicyclic) bond motifs is 3. The molecule has 3 aliphatic carbocycles. The number of nitrogens with one attached hydrogen (secondary N) is 1. The van der Waals surface area contributed by atoms with Crippen LogP contribution in [0.3, 0.4) is 0 Å². The molecule has 0 amide bonds. The van der Waals surface area contributed by atoms with Gasteiger partial charge in [0.15, 0.2) is 11.5 Å². The minimum atomic E-state index is -1.29. The molecule has 4 N–H and O–H groups in total. The Morgan fingerprint density at radius 2 is 1.92 bits per heavy atom. The van der Waals surface area contributed by atoms with Crippen molar-refractivity contribution in [1.82, 2.24) is 19.5 Å². The van der Waals surface area contributed by atoms with E-state index in [1.807, 2.05) is 42.5 Å². The van der Waals surface area contributed by atoms with E-state index < -0.39 is 11.0 Å². The third-order valence-corrected chi connectivity index (χ3v) is 10.3. The average molecular weight is 525 g/mol. The van der Waals surface area contributed by atoms with Crippen molar-refractivity contribution < 1.29 is 15.3 Å². The summed E-state index contributed by atoms with van der Waals surface area (Å²) in [7, 11) is 0. The molecule has 200 valence electrons. The zero-order valence-electron chi connectivity index (χ0n) is 21.9. The van der Waals surface area contributed by atoms with E-state index in [0.29, 0.717) is 41.2 Å². The van der Waals surface area contributed by atoms with Crippen LogP contribution in [-0.2, 0) is 18.3 Å². The van der Waals surface area contributed by atoms with E-state index in [4.69, 9.17) is 0 Å². The number of aromatic amines is 1. The average Bonchev–Trinajstić information content (AvgIpc) is 3.64. The van der Waals surface area contributed by atoms with E-state index in [1.54, 1.807) is 6.07 Å². The van der Waals surface area contributed by atoms with Gasteiger partial charge in [-0.25, -0.2) is 0 Å². The highest BCUT2D eigenvalue weighted by Crippen LogP contribution is 2.64. The first-order chi connectivity index (χ1) is 18.8. The number of benzene rings is 2. The molecule has 3 heterocycles. The van der Waals surface area contributed by atoms with E-state index in [0.717, 1.165) is 29.9 Å². The highest BCUT2D eigenvalue weighted by molar-refractivity contribution is 5.65. The van der Waals surface area contributed by atoms with Crippen molar-refractivity contribution >= 4 is 5.65 Å². The van der Waals surface area contributed by atoms with Crippen molar-refractivity contribution in [2.75, 3.05) is 13.1 Å². The predicted octanol–water partition coefficient (Wildman–Crippen LogP) is 3.47. The van der Waals surface area contributed by atoms with Gasteiger partial charge >= 0.3 is 0 Å². The van der Waals surface area contributed by atoms with Crippen molar-refractivity contribution in [3.05, 3.63) is 81.3 Å². The normalized spacial score (nSPS) is 29.6. The number of aromatic nitrogens is 3. The van der Waals surface area contributed by atoms with Crippen LogP contribution in [0.25, 0.3) is 16.9 Å². The molecule has 1 aliphatic heterocycles. The van der Waals surface area contributed by atoms with Gasteiger partial charge in [-0.3, -0.25) is 9.69 Å². The van der Waals surface area contributed by atoms with Gasteiger partial charge in [0.05, 0.1) is 11.3 Å². The van der Waals surface area contributed by atoms with E-state index in [2.05, 4.69) is 21.9 Å². The van der Waals surface area contributed by atoms with Crippen molar-refractivity contribution in [3.8, 4) is 22.8 Å². The minimum Gasteiger partial charge on any atom is -0.504 e. The number of rotatable bonds is 3. The van der Waals surface area contributed by atoms with Gasteiger partial charge in [-0.1, -0.05) is 43.3 Å². The number of likely N-dealkylation sites (tertiary alicyclic amines) is 1. The highest BCUT2D eigenvalue weighted by atomic mass is 16.3. The van der Waals surface area contributed by atoms with Gasteiger partial charge in [-0.05, 0) is 49.8 Å². The number of phenolic OH excluding ortho intramolecular Hbond substituents is 2. The summed E-state index contributed by atoms with van der Waals surface area (Å²) in [6.07, 6.45) is 3.80. The first-order valence-electron chi connectivity index (χ1n) is 14.0. The minimum absolute atomic E-state index is 0.144. The van der Waals surface area contributed by atoms with E-state index in [1.165, 1.54) is 17.4 Å². The van der Waals surface area contributed by atoms with Crippen LogP contribution in [0.15, 0.2) is 53.3 Å². The first kappa shape index (κ1) is 23.3. The van der Waals surface area contributed by atoms with Crippen molar-refractivity contribution in [3.63, 3.8) is 0 Å². The second kappa shape index (κ2) is 7.73. The molecule has 2 fully saturated rings. The molecule has 0 spiro atoms. The van der Waals surface area contributed by atoms with Gasteiger partial charge in [0.1, 0.15) is 5.65 Å². The molecule has 2 aromatic heterocycles. The van der Waals surface area contributed by atoms with E-state index in [-0.39, 0.29) is 35.4 Å². The van der Waals surface area contributed by atoms with E-state index >= 15 is 0 Å². The summed E-state index contributed by atoms with van der Waals surface area (Å²) < 4.78 is 1.42. The fourth-order valence-corrected chi connectivity index (χ4v) is 8.25. The third-order valence-electron chi connectivity index (χ3n) is 10.3. The largest absolute Gasteiger partial charge is 0.504 e. The zero-order chi connectivity index (χ0) is 26.7. The molecule has 4 aromatic rings. The quantitative estimate of drug-likeness (QED) is 0.305. The van der Waals surface area contributed by atoms with Gasteiger partial charge in [0.25, 0.3) is 5.56 Å². The summed E-state index contributed by atoms with van der Waals surface area (Å²) >= 11 is 0. The number of aliphatic hydroxyl groups is 1. The topological polar surface area (TPSA) is 114 Å². The molecule has 1 saturated heterocycles. The molecule has 0 unspecified atom stereocenters. The van der Waals surface area contributed by atoms with Crippen LogP contribution in [-0.4, -0.2) is 59.5 Å². The van der Waals surface area contributed by atoms with Crippen LogP contribution in [0.4, 0.5) is 0 Å². The standard InChI is InChI=1S/C31H32N4O4/c1-17-27-21(29(38)35-25(32-27)14-22(33-35)19-5-3-2-4-6-19)15-31(39)24-13-20-9-10-23(36)28(37)26(20)30(17,31)11-12-34(24)16-18-7-8-18/h2-6,9-10,14,17-18,24,32,36-37,39H,7-8,11-13,15-16H2,1H3/t17-,24+,30+,31+/m0/s1. The Morgan fingerprint density at radius 1 is 1.13 bits per heavy atom. The van der Waals surface area contributed by atoms with Gasteiger partial charge in [-0.15, -0.1) is 0 Å². The Morgan fingerprint density at radius 3 is 2.69 bits per heavy atom. The molecule has 0 radical (unpaired) electrons. The first-order valence-corrected chi connectivity index (χ1v) is 14.0. The van der Waals surface area contributed by atoms with Gasteiger partial charge in [-0.2, -0.15) is 9.61 Å². The lowest BCUT2D eigenvalue weighted by atomic mass is 9.46. The Hall–Kier alpha value is -3.62. The SMILES string of the molecule is C[C@H]1c2[nH]c3cc(-c4ccccc4)nn3c(=O)c2C[C@@]2(O)[C@H]3Cc4ccc(O)c(O)c4[C@@]12CCN3CC1CC1. The lowest BCUT2D eigenvalue weighted by Crippen LogP contribution is -2.75. The summed E-state index contributed by atoms with van der Waals surface area (Å²) in [5, 5.41) is 39.4. The number of aromatic hydroxyl groups is 2. The lowest BCUT2D eigenvalue weighted by Gasteiger charge is -2.65. The summed E-state index contributed by atoms with van der Waals surface area (Å²) in [6, 6.07) is 14.9. The molecule has 1 saturated carbocycles. The molecular weight excluding hydrogens is 492 g/mol. The Balaban J connectivity index is 1.36. The maximum atomic E-state index is 14.0. The lowest BCUT2D eigenvalue weighted by molar-refractivity contribution is -0.160. The van der Waals surface area contributed by atoms with Crippen LogP contribution < -0.4 is 5.56 Å². The molecule has 8 nitrogen and oxygen atoms in total. The maximum absolute atomic E-state index is 14.0. The zero-order valence-corrected chi connectivity index (χ0v) is 21.9. The van der Waals surface area contributed by atoms with Crippen LogP contribution in [0, 0.1) is 5.92 Å². The van der Waals surface area contributed by atoms with Crippen LogP contribution in [0.1, 0.15) is 54.5 Å². The fourth-order valence-electron chi connectivity index (χ4n) is 8.25. The number of hydrogen-bond donors (Lipinski definition) is 4. The number of piperidine rings is 1. The smallest absolute Gasteiger partial charge is 0.277 e. The second-order valence-electron chi connectivity index (χ2n) is 12.2. The van der Waals surface area contributed by atoms with Gasteiger partial charge < -0.3 is 20.3 Å². The summed E-state index contributed by atoms with van der Waals surface area (Å²) in [6.45, 7) is 3.80. The Kier molecular flexibility index (Phi) is 4.62. The second-order valence-corrected chi connectivity index (χ2v) is 12.2. The number of H-pyrrole nitrogens is 1. The maximum Gasteiger partial charge on any atom is 0.277 e. The van der Waals surface area contributed by atoms with Crippen LogP contribution >= 0.6 is 0 Å². The van der Waals surface area contributed by atoms with Crippen LogP contribution in [0.2, 0.25) is 0 Å². The molecular formula is C31H32N4O4. The molecule has 8 rings (SSSR count). The summed E-state index contributed by atoms with van der Waals surface area (Å²) in [5.41, 5.74) is 2.81. The van der Waals surface area contributed by atoms with Crippen molar-refractivity contribution in [2.45, 2.75) is 62.0 Å². The molecule has 8 heteroatoms. The molecule has 2 aromatic carbocycles. The molecule has 2 bridgehead atoms. The van der Waals surface area contributed by atoms with Gasteiger partial charge in [0.2, 0.25) is 0 Å². The molecule has 39 heavy (non-hydrogen) atoms. The summed E-state index contributed by atoms with van der Waals surface area (Å²) in [4.78, 5) is 20.0. The van der Waals surface area contributed by atoms with Crippen molar-refractivity contribution in [2.24, 2.45) is 5.92 Å². The fraction of sp³-hybridized carbons (Fsp3) is 0.419. The number of hydrogen-bond acceptors (Lipinski definition) is 6. The Labute approximate surface area is 225 Å². The van der Waals surface area contributed by atoms with Gasteiger partial charge in [0, 0.05) is 58.8 Å². The van der Waals surface area contributed by atoms with Crippen LogP contribution in [0.5, 0.6) is 11.5 Å². The molecule has 4 atom stereocenters. The number of nitrogens with zero attached hydrogens (tertiary/aromatic N) is 3. The van der Waals surface area contributed by atoms with Crippen molar-refractivity contribution in [1.29, 1.82) is 0 Å². The third kappa shape index (κ3) is 2.96. The predicted molar refractivity (Wildman–Crippen MR) is 146 cm³/mol. The molecule has 4 aliphatic rings. The number of phenols is 2. The highest BCUT2D eigenvalue weighted by Gasteiger charge is 2.68. The van der Waals surface area contributed by atoms with E-state index in [9.17, 15) is 20.1 Å². The summed E-state index contributed by atoms with van der Waals surface area (Å²) in [5.74, 6) is 0.0351. The monoisotopic (exact) mass is 524 g/mol. The Bertz CT molecular complexity index is 1710.